The SMILES string of the molecule is CNC(C)C(=O)N[C@H]1CCc2ccccc2N(Cc2c(OC)ccc3cc([C@H](C)OC(=O)C(F)(F)F)ccc23)C1=O. The Morgan fingerprint density at radius 2 is 1.83 bits per heavy atom. The van der Waals surface area contributed by atoms with Crippen LogP contribution in [0.15, 0.2) is 54.6 Å². The summed E-state index contributed by atoms with van der Waals surface area (Å²) in [5, 5.41) is 7.13. The molecule has 0 saturated carbocycles. The van der Waals surface area contributed by atoms with E-state index in [1.807, 2.05) is 24.3 Å². The highest BCUT2D eigenvalue weighted by Crippen LogP contribution is 2.35. The minimum Gasteiger partial charge on any atom is -0.496 e. The van der Waals surface area contributed by atoms with Gasteiger partial charge in [-0.05, 0) is 73.8 Å². The molecule has 0 fully saturated rings. The largest absolute Gasteiger partial charge is 0.496 e. The predicted octanol–water partition coefficient (Wildman–Crippen LogP) is 4.59. The van der Waals surface area contributed by atoms with Crippen LogP contribution in [-0.2, 0) is 32.1 Å². The van der Waals surface area contributed by atoms with Crippen LogP contribution in [0.4, 0.5) is 18.9 Å². The number of ether oxygens (including phenoxy) is 2. The molecule has 1 aliphatic rings. The van der Waals surface area contributed by atoms with Gasteiger partial charge in [0.05, 0.1) is 19.7 Å². The number of nitrogens with one attached hydrogen (secondary N) is 2. The van der Waals surface area contributed by atoms with Gasteiger partial charge in [-0.1, -0.05) is 36.4 Å². The molecule has 0 bridgehead atoms. The average molecular weight is 572 g/mol. The summed E-state index contributed by atoms with van der Waals surface area (Å²) in [6.07, 6.45) is -5.21. The lowest BCUT2D eigenvalue weighted by molar-refractivity contribution is -0.204. The molecular formula is C30H32F3N3O5. The Kier molecular flexibility index (Phi) is 8.86. The highest BCUT2D eigenvalue weighted by Gasteiger charge is 2.42. The summed E-state index contributed by atoms with van der Waals surface area (Å²) in [6.45, 7) is 3.19. The number of likely N-dealkylation sites (N-methyl/N-ethyl adjacent to an activating group) is 1. The second kappa shape index (κ2) is 12.2. The van der Waals surface area contributed by atoms with E-state index in [0.29, 0.717) is 40.5 Å². The van der Waals surface area contributed by atoms with Crippen molar-refractivity contribution in [3.63, 3.8) is 0 Å². The van der Waals surface area contributed by atoms with Crippen LogP contribution in [0.3, 0.4) is 0 Å². The normalized spacial score (nSPS) is 16.9. The second-order valence-corrected chi connectivity index (χ2v) is 9.94. The Morgan fingerprint density at radius 1 is 1.10 bits per heavy atom. The molecule has 8 nitrogen and oxygen atoms in total. The molecule has 218 valence electrons. The third kappa shape index (κ3) is 6.45. The topological polar surface area (TPSA) is 97.0 Å². The first kappa shape index (κ1) is 29.9. The molecule has 0 radical (unpaired) electrons. The number of halogens is 3. The fraction of sp³-hybridized carbons (Fsp3) is 0.367. The summed E-state index contributed by atoms with van der Waals surface area (Å²) in [4.78, 5) is 39.6. The number of fused-ring (bicyclic) bond motifs is 2. The van der Waals surface area contributed by atoms with Gasteiger partial charge in [-0.3, -0.25) is 9.59 Å². The first-order chi connectivity index (χ1) is 19.4. The highest BCUT2D eigenvalue weighted by molar-refractivity contribution is 6.01. The van der Waals surface area contributed by atoms with Gasteiger partial charge in [0.2, 0.25) is 11.8 Å². The number of rotatable bonds is 8. The summed E-state index contributed by atoms with van der Waals surface area (Å²) in [5.74, 6) is -2.30. The van der Waals surface area contributed by atoms with Crippen LogP contribution in [0.1, 0.15) is 43.1 Å². The molecule has 4 rings (SSSR count). The Hall–Kier alpha value is -4.12. The Balaban J connectivity index is 1.72. The fourth-order valence-corrected chi connectivity index (χ4v) is 4.89. The number of hydrogen-bond donors (Lipinski definition) is 2. The van der Waals surface area contributed by atoms with Gasteiger partial charge >= 0.3 is 12.1 Å². The summed E-state index contributed by atoms with van der Waals surface area (Å²) in [5.41, 5.74) is 2.74. The summed E-state index contributed by atoms with van der Waals surface area (Å²) in [6, 6.07) is 14.7. The van der Waals surface area contributed by atoms with E-state index in [1.54, 1.807) is 49.2 Å². The van der Waals surface area contributed by atoms with Gasteiger partial charge in [0.25, 0.3) is 0 Å². The van der Waals surface area contributed by atoms with Crippen molar-refractivity contribution in [3.05, 3.63) is 71.3 Å². The third-order valence-electron chi connectivity index (χ3n) is 7.32. The molecule has 1 unspecified atom stereocenters. The van der Waals surface area contributed by atoms with E-state index in [0.717, 1.165) is 11.3 Å². The van der Waals surface area contributed by atoms with E-state index in [9.17, 15) is 27.6 Å². The highest BCUT2D eigenvalue weighted by atomic mass is 19.4. The van der Waals surface area contributed by atoms with E-state index in [-0.39, 0.29) is 18.4 Å². The van der Waals surface area contributed by atoms with Crippen molar-refractivity contribution in [3.8, 4) is 5.75 Å². The van der Waals surface area contributed by atoms with Gasteiger partial charge in [-0.25, -0.2) is 4.79 Å². The maximum Gasteiger partial charge on any atom is 0.490 e. The van der Waals surface area contributed by atoms with E-state index in [1.165, 1.54) is 14.0 Å². The number of carbonyl (C=O) groups excluding carboxylic acids is 3. The number of carbonyl (C=O) groups is 3. The van der Waals surface area contributed by atoms with Crippen LogP contribution < -0.4 is 20.3 Å². The second-order valence-electron chi connectivity index (χ2n) is 9.94. The Morgan fingerprint density at radius 3 is 2.51 bits per heavy atom. The zero-order chi connectivity index (χ0) is 29.9. The number of hydrogen-bond acceptors (Lipinski definition) is 6. The van der Waals surface area contributed by atoms with Crippen LogP contribution in [0, 0.1) is 0 Å². The standard InChI is InChI=1S/C30H32F3N3O5/c1-17(34-3)27(37)35-24-13-10-19-7-5-6-8-25(19)36(28(24)38)16-23-22-12-9-20(15-21(22)11-14-26(23)40-4)18(2)41-29(39)30(31,32)33/h5-9,11-12,14-15,17-18,24,34H,10,13,16H2,1-4H3,(H,35,37)/t17?,18-,24-/m0/s1. The van der Waals surface area contributed by atoms with Gasteiger partial charge < -0.3 is 25.0 Å². The smallest absolute Gasteiger partial charge is 0.490 e. The molecule has 3 aromatic rings. The van der Waals surface area contributed by atoms with Crippen molar-refractivity contribution >= 4 is 34.2 Å². The van der Waals surface area contributed by atoms with Crippen molar-refractivity contribution < 1.29 is 37.0 Å². The zero-order valence-corrected chi connectivity index (χ0v) is 23.2. The molecule has 41 heavy (non-hydrogen) atoms. The van der Waals surface area contributed by atoms with E-state index >= 15 is 0 Å². The lowest BCUT2D eigenvalue weighted by Gasteiger charge is -2.28. The molecular weight excluding hydrogens is 539 g/mol. The quantitative estimate of drug-likeness (QED) is 0.384. The van der Waals surface area contributed by atoms with Crippen molar-refractivity contribution in [2.45, 2.75) is 57.6 Å². The molecule has 3 atom stereocenters. The minimum absolute atomic E-state index is 0.113. The number of methoxy groups -OCH3 is 1. The van der Waals surface area contributed by atoms with Crippen LogP contribution in [0.25, 0.3) is 10.8 Å². The van der Waals surface area contributed by atoms with Crippen molar-refractivity contribution in [2.24, 2.45) is 0 Å². The van der Waals surface area contributed by atoms with Gasteiger partial charge in [0, 0.05) is 11.3 Å². The lowest BCUT2D eigenvalue weighted by Crippen LogP contribution is -2.52. The van der Waals surface area contributed by atoms with Crippen molar-refractivity contribution in [1.82, 2.24) is 10.6 Å². The monoisotopic (exact) mass is 571 g/mol. The zero-order valence-electron chi connectivity index (χ0n) is 23.2. The van der Waals surface area contributed by atoms with E-state index < -0.39 is 30.3 Å². The molecule has 0 spiro atoms. The molecule has 11 heteroatoms. The minimum atomic E-state index is -5.09. The number of amides is 2. The van der Waals surface area contributed by atoms with Gasteiger partial charge in [-0.15, -0.1) is 0 Å². The van der Waals surface area contributed by atoms with Crippen LogP contribution in [0.5, 0.6) is 5.75 Å². The van der Waals surface area contributed by atoms with E-state index in [4.69, 9.17) is 4.74 Å². The number of esters is 1. The number of aryl methyl sites for hydroxylation is 1. The molecule has 2 N–H and O–H groups in total. The average Bonchev–Trinajstić information content (AvgIpc) is 3.08. The van der Waals surface area contributed by atoms with Crippen LogP contribution >= 0.6 is 0 Å². The number of para-hydroxylation sites is 1. The van der Waals surface area contributed by atoms with Crippen LogP contribution in [0.2, 0.25) is 0 Å². The molecule has 0 saturated heterocycles. The first-order valence-corrected chi connectivity index (χ1v) is 13.2. The summed E-state index contributed by atoms with van der Waals surface area (Å²) < 4.78 is 48.4. The lowest BCUT2D eigenvalue weighted by atomic mass is 9.98. The molecule has 2 amide bonds. The molecule has 0 aliphatic carbocycles. The maximum absolute atomic E-state index is 13.9. The number of nitrogens with zero attached hydrogens (tertiary/aromatic N) is 1. The third-order valence-corrected chi connectivity index (χ3v) is 7.32. The summed E-state index contributed by atoms with van der Waals surface area (Å²) >= 11 is 0. The molecule has 0 aromatic heterocycles. The van der Waals surface area contributed by atoms with E-state index in [2.05, 4.69) is 15.4 Å². The van der Waals surface area contributed by atoms with Gasteiger partial charge in [-0.2, -0.15) is 13.2 Å². The maximum atomic E-state index is 13.9. The number of alkyl halides is 3. The van der Waals surface area contributed by atoms with Crippen LogP contribution in [-0.4, -0.2) is 50.2 Å². The van der Waals surface area contributed by atoms with Gasteiger partial charge in [0.1, 0.15) is 17.9 Å². The predicted molar refractivity (Wildman–Crippen MR) is 147 cm³/mol. The van der Waals surface area contributed by atoms with Gasteiger partial charge in [0.15, 0.2) is 0 Å². The fourth-order valence-electron chi connectivity index (χ4n) is 4.89. The molecule has 3 aromatic carbocycles. The Labute approximate surface area is 235 Å². The first-order valence-electron chi connectivity index (χ1n) is 13.2. The Bertz CT molecular complexity index is 1460. The van der Waals surface area contributed by atoms with Crippen molar-refractivity contribution in [2.75, 3.05) is 19.1 Å². The number of anilines is 1. The number of benzene rings is 3. The van der Waals surface area contributed by atoms with Crippen molar-refractivity contribution in [1.29, 1.82) is 0 Å². The molecule has 1 heterocycles. The molecule has 1 aliphatic heterocycles. The summed E-state index contributed by atoms with van der Waals surface area (Å²) in [7, 11) is 3.18.